The minimum absolute atomic E-state index is 0.255. The molecule has 1 aliphatic rings. The lowest BCUT2D eigenvalue weighted by Crippen LogP contribution is -2.12. The minimum Gasteiger partial charge on any atom is -0.461 e. The highest BCUT2D eigenvalue weighted by atomic mass is 19.1. The van der Waals surface area contributed by atoms with Gasteiger partial charge in [-0.1, -0.05) is 0 Å². The SMILES string of the molecule is CCOC(=O)c1ncn2c1Cn1nccc1-c1cc(F)ccc1-2. The smallest absolute Gasteiger partial charge is 0.358 e. The zero-order valence-electron chi connectivity index (χ0n) is 12.4. The van der Waals surface area contributed by atoms with Crippen LogP contribution in [0.1, 0.15) is 23.1 Å². The van der Waals surface area contributed by atoms with Gasteiger partial charge in [-0.2, -0.15) is 5.10 Å². The van der Waals surface area contributed by atoms with Gasteiger partial charge in [-0.3, -0.25) is 9.25 Å². The van der Waals surface area contributed by atoms with E-state index in [2.05, 4.69) is 10.1 Å². The van der Waals surface area contributed by atoms with Crippen molar-refractivity contribution in [2.45, 2.75) is 13.5 Å². The predicted octanol–water partition coefficient (Wildman–Crippen LogP) is 2.41. The fourth-order valence-electron chi connectivity index (χ4n) is 2.86. The van der Waals surface area contributed by atoms with Gasteiger partial charge in [-0.05, 0) is 31.2 Å². The van der Waals surface area contributed by atoms with Gasteiger partial charge >= 0.3 is 5.97 Å². The van der Waals surface area contributed by atoms with Crippen LogP contribution in [0, 0.1) is 5.82 Å². The second-order valence-corrected chi connectivity index (χ2v) is 5.17. The summed E-state index contributed by atoms with van der Waals surface area (Å²) in [6, 6.07) is 6.34. The van der Waals surface area contributed by atoms with E-state index in [9.17, 15) is 9.18 Å². The summed E-state index contributed by atoms with van der Waals surface area (Å²) in [5.41, 5.74) is 3.17. The minimum atomic E-state index is -0.472. The Morgan fingerprint density at radius 1 is 1.39 bits per heavy atom. The van der Waals surface area contributed by atoms with E-state index in [1.807, 2.05) is 6.07 Å². The molecule has 1 aromatic carbocycles. The Hall–Kier alpha value is -2.96. The number of carbonyl (C=O) groups is 1. The summed E-state index contributed by atoms with van der Waals surface area (Å²) in [4.78, 5) is 16.3. The Kier molecular flexibility index (Phi) is 3.00. The van der Waals surface area contributed by atoms with Crippen LogP contribution in [0.3, 0.4) is 0 Å². The molecule has 7 heteroatoms. The summed E-state index contributed by atoms with van der Waals surface area (Å²) in [5, 5.41) is 4.27. The van der Waals surface area contributed by atoms with Gasteiger partial charge in [0.25, 0.3) is 0 Å². The van der Waals surface area contributed by atoms with Crippen LogP contribution in [-0.4, -0.2) is 31.9 Å². The van der Waals surface area contributed by atoms with Crippen LogP contribution in [0.2, 0.25) is 0 Å². The number of fused-ring (bicyclic) bond motifs is 5. The van der Waals surface area contributed by atoms with E-state index in [-0.39, 0.29) is 18.1 Å². The maximum atomic E-state index is 13.7. The summed E-state index contributed by atoms with van der Waals surface area (Å²) < 4.78 is 22.3. The second-order valence-electron chi connectivity index (χ2n) is 5.17. The average molecular weight is 312 g/mol. The molecule has 2 aromatic heterocycles. The molecule has 3 heterocycles. The van der Waals surface area contributed by atoms with Crippen LogP contribution < -0.4 is 0 Å². The third-order valence-corrected chi connectivity index (χ3v) is 3.85. The van der Waals surface area contributed by atoms with E-state index in [0.717, 1.165) is 11.4 Å². The van der Waals surface area contributed by atoms with Gasteiger partial charge < -0.3 is 4.74 Å². The zero-order valence-corrected chi connectivity index (χ0v) is 12.4. The molecule has 0 saturated heterocycles. The van der Waals surface area contributed by atoms with Crippen LogP contribution in [-0.2, 0) is 11.3 Å². The first-order chi connectivity index (χ1) is 11.2. The summed E-state index contributed by atoms with van der Waals surface area (Å²) >= 11 is 0. The normalized spacial score (nSPS) is 12.1. The zero-order chi connectivity index (χ0) is 16.0. The lowest BCUT2D eigenvalue weighted by atomic mass is 10.1. The Bertz CT molecular complexity index is 913. The third kappa shape index (κ3) is 2.04. The summed E-state index contributed by atoms with van der Waals surface area (Å²) in [6.07, 6.45) is 3.21. The summed E-state index contributed by atoms with van der Waals surface area (Å²) in [7, 11) is 0. The van der Waals surface area contributed by atoms with Crippen molar-refractivity contribution in [1.82, 2.24) is 19.3 Å². The topological polar surface area (TPSA) is 61.9 Å². The maximum Gasteiger partial charge on any atom is 0.358 e. The molecule has 0 unspecified atom stereocenters. The first-order valence-corrected chi connectivity index (χ1v) is 7.24. The Morgan fingerprint density at radius 3 is 3.09 bits per heavy atom. The first-order valence-electron chi connectivity index (χ1n) is 7.24. The van der Waals surface area contributed by atoms with Gasteiger partial charge in [-0.25, -0.2) is 14.2 Å². The van der Waals surface area contributed by atoms with Crippen LogP contribution in [0.15, 0.2) is 36.8 Å². The third-order valence-electron chi connectivity index (χ3n) is 3.85. The standard InChI is InChI=1S/C16H13FN4O2/c1-2-23-16(22)15-14-8-21-13(5-6-19-21)11-7-10(17)3-4-12(11)20(14)9-18-15/h3-7,9H,2,8H2,1H3. The molecule has 0 amide bonds. The van der Waals surface area contributed by atoms with Gasteiger partial charge in [0.15, 0.2) is 5.69 Å². The summed E-state index contributed by atoms with van der Waals surface area (Å²) in [5.74, 6) is -0.800. The number of benzene rings is 1. The molecule has 0 N–H and O–H groups in total. The number of ether oxygens (including phenoxy) is 1. The Morgan fingerprint density at radius 2 is 2.26 bits per heavy atom. The number of rotatable bonds is 2. The van der Waals surface area contributed by atoms with Gasteiger partial charge in [0.2, 0.25) is 0 Å². The molecule has 0 atom stereocenters. The molecule has 6 nitrogen and oxygen atoms in total. The number of hydrogen-bond acceptors (Lipinski definition) is 4. The van der Waals surface area contributed by atoms with Crippen molar-refractivity contribution in [2.24, 2.45) is 0 Å². The highest BCUT2D eigenvalue weighted by molar-refractivity contribution is 5.89. The van der Waals surface area contributed by atoms with Crippen LogP contribution >= 0.6 is 0 Å². The molecule has 4 rings (SSSR count). The van der Waals surface area contributed by atoms with Crippen LogP contribution in [0.4, 0.5) is 4.39 Å². The van der Waals surface area contributed by atoms with Crippen molar-refractivity contribution in [3.63, 3.8) is 0 Å². The lowest BCUT2D eigenvalue weighted by molar-refractivity contribution is 0.0518. The molecule has 23 heavy (non-hydrogen) atoms. The molecule has 0 fully saturated rings. The number of aromatic nitrogens is 4. The molecule has 0 radical (unpaired) electrons. The molecular weight excluding hydrogens is 299 g/mol. The number of hydrogen-bond donors (Lipinski definition) is 0. The number of nitrogens with zero attached hydrogens (tertiary/aromatic N) is 4. The monoisotopic (exact) mass is 312 g/mol. The van der Waals surface area contributed by atoms with E-state index in [1.165, 1.54) is 12.1 Å². The molecule has 0 spiro atoms. The van der Waals surface area contributed by atoms with E-state index in [4.69, 9.17) is 4.74 Å². The number of carbonyl (C=O) groups excluding carboxylic acids is 1. The van der Waals surface area contributed by atoms with Crippen molar-refractivity contribution in [1.29, 1.82) is 0 Å². The van der Waals surface area contributed by atoms with E-state index in [1.54, 1.807) is 34.8 Å². The lowest BCUT2D eigenvalue weighted by Gasteiger charge is -2.08. The molecular formula is C16H13FN4O2. The maximum absolute atomic E-state index is 13.7. The van der Waals surface area contributed by atoms with E-state index < -0.39 is 5.97 Å². The van der Waals surface area contributed by atoms with Gasteiger partial charge in [-0.15, -0.1) is 0 Å². The van der Waals surface area contributed by atoms with Crippen LogP contribution in [0.5, 0.6) is 0 Å². The van der Waals surface area contributed by atoms with Gasteiger partial charge in [0, 0.05) is 11.8 Å². The quantitative estimate of drug-likeness (QED) is 0.533. The fraction of sp³-hybridized carbons (Fsp3) is 0.188. The van der Waals surface area contributed by atoms with Gasteiger partial charge in [0.1, 0.15) is 12.1 Å². The Labute approximate surface area is 131 Å². The molecule has 3 aromatic rings. The van der Waals surface area contributed by atoms with E-state index in [0.29, 0.717) is 17.8 Å². The van der Waals surface area contributed by atoms with Gasteiger partial charge in [0.05, 0.1) is 30.2 Å². The fourth-order valence-corrected chi connectivity index (χ4v) is 2.86. The molecule has 0 aliphatic carbocycles. The van der Waals surface area contributed by atoms with Crippen molar-refractivity contribution in [2.75, 3.05) is 6.61 Å². The number of halogens is 1. The predicted molar refractivity (Wildman–Crippen MR) is 79.8 cm³/mol. The van der Waals surface area contributed by atoms with Crippen molar-refractivity contribution in [3.8, 4) is 16.9 Å². The van der Waals surface area contributed by atoms with Crippen molar-refractivity contribution >= 4 is 5.97 Å². The molecule has 0 bridgehead atoms. The first kappa shape index (κ1) is 13.7. The number of esters is 1. The highest BCUT2D eigenvalue weighted by Crippen LogP contribution is 2.32. The van der Waals surface area contributed by atoms with Crippen molar-refractivity contribution in [3.05, 3.63) is 54.0 Å². The Balaban J connectivity index is 1.97. The molecule has 1 aliphatic heterocycles. The molecule has 0 saturated carbocycles. The van der Waals surface area contributed by atoms with E-state index >= 15 is 0 Å². The average Bonchev–Trinajstić information content (AvgIpc) is 3.13. The second kappa shape index (κ2) is 5.05. The van der Waals surface area contributed by atoms with Crippen LogP contribution in [0.25, 0.3) is 16.9 Å². The summed E-state index contributed by atoms with van der Waals surface area (Å²) in [6.45, 7) is 2.38. The largest absolute Gasteiger partial charge is 0.461 e. The molecule has 116 valence electrons. The highest BCUT2D eigenvalue weighted by Gasteiger charge is 2.26. The van der Waals surface area contributed by atoms with Crippen molar-refractivity contribution < 1.29 is 13.9 Å². The number of imidazole rings is 1.